The molecule has 1 heterocycles. The summed E-state index contributed by atoms with van der Waals surface area (Å²) in [6.07, 6.45) is -4.99. The molecule has 0 saturated heterocycles. The second-order valence-corrected chi connectivity index (χ2v) is 5.79. The Morgan fingerprint density at radius 3 is 2.43 bits per heavy atom. The van der Waals surface area contributed by atoms with Gasteiger partial charge in [0.15, 0.2) is 0 Å². The van der Waals surface area contributed by atoms with Gasteiger partial charge in [0.2, 0.25) is 0 Å². The minimum Gasteiger partial charge on any atom is -0.480 e. The van der Waals surface area contributed by atoms with E-state index in [-0.39, 0.29) is 12.0 Å². The molecule has 1 atom stereocenters. The summed E-state index contributed by atoms with van der Waals surface area (Å²) in [6.45, 7) is 4.79. The van der Waals surface area contributed by atoms with Gasteiger partial charge < -0.3 is 15.2 Å². The lowest BCUT2D eigenvalue weighted by atomic mass is 10.1. The van der Waals surface area contributed by atoms with Crippen LogP contribution in [0.2, 0.25) is 0 Å². The van der Waals surface area contributed by atoms with Crippen LogP contribution in [0, 0.1) is 0 Å². The summed E-state index contributed by atoms with van der Waals surface area (Å²) < 4.78 is 42.7. The smallest absolute Gasteiger partial charge is 0.433 e. The summed E-state index contributed by atoms with van der Waals surface area (Å²) in [5.41, 5.74) is -1.88. The highest BCUT2D eigenvalue weighted by atomic mass is 19.4. The number of pyridine rings is 1. The van der Waals surface area contributed by atoms with Gasteiger partial charge in [-0.2, -0.15) is 13.2 Å². The number of aliphatic carboxylic acids is 1. The molecule has 2 N–H and O–H groups in total. The Morgan fingerprint density at radius 2 is 1.96 bits per heavy atom. The molecule has 1 rings (SSSR count). The van der Waals surface area contributed by atoms with Gasteiger partial charge in [-0.1, -0.05) is 0 Å². The van der Waals surface area contributed by atoms with Crippen LogP contribution in [-0.2, 0) is 22.1 Å². The van der Waals surface area contributed by atoms with Crippen molar-refractivity contribution < 1.29 is 32.6 Å². The zero-order valence-corrected chi connectivity index (χ0v) is 12.8. The van der Waals surface area contributed by atoms with E-state index in [2.05, 4.69) is 10.3 Å². The second-order valence-electron chi connectivity index (χ2n) is 5.79. The number of hydrogen-bond acceptors (Lipinski definition) is 4. The Kier molecular flexibility index (Phi) is 5.57. The molecule has 9 heteroatoms. The first-order valence-electron chi connectivity index (χ1n) is 6.63. The van der Waals surface area contributed by atoms with Gasteiger partial charge in [-0.3, -0.25) is 4.98 Å². The maximum atomic E-state index is 12.6. The number of amides is 1. The molecule has 6 nitrogen and oxygen atoms in total. The SMILES string of the molecule is CC(C)(C)OC(=O)NC(Cc1ccnc(C(F)(F)F)c1)C(=O)O. The lowest BCUT2D eigenvalue weighted by molar-refractivity contribution is -0.141. The molecule has 1 aromatic heterocycles. The van der Waals surface area contributed by atoms with Crippen molar-refractivity contribution in [2.24, 2.45) is 0 Å². The Hall–Kier alpha value is -2.32. The van der Waals surface area contributed by atoms with E-state index in [0.717, 1.165) is 12.3 Å². The van der Waals surface area contributed by atoms with Gasteiger partial charge in [0.05, 0.1) is 0 Å². The third-order valence-corrected chi connectivity index (χ3v) is 2.54. The molecule has 0 fully saturated rings. The minimum atomic E-state index is -4.63. The molecule has 0 radical (unpaired) electrons. The second kappa shape index (κ2) is 6.84. The van der Waals surface area contributed by atoms with Crippen LogP contribution < -0.4 is 5.32 Å². The number of nitrogens with zero attached hydrogens (tertiary/aromatic N) is 1. The zero-order chi connectivity index (χ0) is 17.8. The molecule has 0 aliphatic rings. The lowest BCUT2D eigenvalue weighted by Crippen LogP contribution is -2.44. The van der Waals surface area contributed by atoms with E-state index in [1.54, 1.807) is 20.8 Å². The summed E-state index contributed by atoms with van der Waals surface area (Å²) in [5, 5.41) is 11.2. The van der Waals surface area contributed by atoms with E-state index in [9.17, 15) is 22.8 Å². The number of carbonyl (C=O) groups is 2. The Balaban J connectivity index is 2.85. The van der Waals surface area contributed by atoms with Crippen molar-refractivity contribution >= 4 is 12.1 Å². The molecule has 0 aromatic carbocycles. The first-order chi connectivity index (χ1) is 10.4. The third kappa shape index (κ3) is 6.54. The van der Waals surface area contributed by atoms with Crippen molar-refractivity contribution in [2.45, 2.75) is 45.0 Å². The number of carboxylic acids is 1. The van der Waals surface area contributed by atoms with Gasteiger partial charge in [-0.15, -0.1) is 0 Å². The van der Waals surface area contributed by atoms with Gasteiger partial charge in [0, 0.05) is 12.6 Å². The van der Waals surface area contributed by atoms with Crippen LogP contribution in [0.25, 0.3) is 0 Å². The number of carbonyl (C=O) groups excluding carboxylic acids is 1. The third-order valence-electron chi connectivity index (χ3n) is 2.54. The number of alkyl halides is 3. The zero-order valence-electron chi connectivity index (χ0n) is 12.8. The number of aromatic nitrogens is 1. The molecular formula is C14H17F3N2O4. The molecule has 1 unspecified atom stereocenters. The largest absolute Gasteiger partial charge is 0.480 e. The number of carboxylic acid groups (broad SMARTS) is 1. The quantitative estimate of drug-likeness (QED) is 0.884. The fraction of sp³-hybridized carbons (Fsp3) is 0.500. The summed E-state index contributed by atoms with van der Waals surface area (Å²) in [5.74, 6) is -1.39. The van der Waals surface area contributed by atoms with Crippen molar-refractivity contribution in [3.63, 3.8) is 0 Å². The number of ether oxygens (including phenoxy) is 1. The van der Waals surface area contributed by atoms with Crippen LogP contribution in [0.15, 0.2) is 18.3 Å². The first kappa shape index (κ1) is 18.7. The van der Waals surface area contributed by atoms with E-state index in [4.69, 9.17) is 9.84 Å². The van der Waals surface area contributed by atoms with E-state index < -0.39 is 35.6 Å². The normalized spacial score (nSPS) is 13.3. The van der Waals surface area contributed by atoms with Crippen LogP contribution >= 0.6 is 0 Å². The number of rotatable bonds is 4. The average Bonchev–Trinajstić information content (AvgIpc) is 2.35. The maximum absolute atomic E-state index is 12.6. The highest BCUT2D eigenvalue weighted by molar-refractivity contribution is 5.80. The highest BCUT2D eigenvalue weighted by Crippen LogP contribution is 2.27. The lowest BCUT2D eigenvalue weighted by Gasteiger charge is -2.22. The van der Waals surface area contributed by atoms with E-state index >= 15 is 0 Å². The fourth-order valence-corrected chi connectivity index (χ4v) is 1.64. The number of alkyl carbamates (subject to hydrolysis) is 1. The molecule has 0 aliphatic heterocycles. The van der Waals surface area contributed by atoms with Gasteiger partial charge in [0.25, 0.3) is 0 Å². The monoisotopic (exact) mass is 334 g/mol. The standard InChI is InChI=1S/C14H17F3N2O4/c1-13(2,3)23-12(22)19-9(11(20)21)6-8-4-5-18-10(7-8)14(15,16)17/h4-5,7,9H,6H2,1-3H3,(H,19,22)(H,20,21). The molecule has 1 amide bonds. The number of halogens is 3. The van der Waals surface area contributed by atoms with Gasteiger partial charge in [-0.05, 0) is 38.5 Å². The molecule has 0 bridgehead atoms. The van der Waals surface area contributed by atoms with Crippen LogP contribution in [0.1, 0.15) is 32.0 Å². The number of nitrogens with one attached hydrogen (secondary N) is 1. The Morgan fingerprint density at radius 1 is 1.35 bits per heavy atom. The molecule has 1 aromatic rings. The molecule has 23 heavy (non-hydrogen) atoms. The van der Waals surface area contributed by atoms with Crippen molar-refractivity contribution in [3.8, 4) is 0 Å². The first-order valence-corrected chi connectivity index (χ1v) is 6.63. The fourth-order valence-electron chi connectivity index (χ4n) is 1.64. The van der Waals surface area contributed by atoms with Crippen molar-refractivity contribution in [1.82, 2.24) is 10.3 Å². The Labute approximate surface area is 130 Å². The summed E-state index contributed by atoms with van der Waals surface area (Å²) in [7, 11) is 0. The summed E-state index contributed by atoms with van der Waals surface area (Å²) in [4.78, 5) is 26.0. The molecule has 0 saturated carbocycles. The molecule has 128 valence electrons. The average molecular weight is 334 g/mol. The van der Waals surface area contributed by atoms with Crippen molar-refractivity contribution in [1.29, 1.82) is 0 Å². The molecule has 0 spiro atoms. The van der Waals surface area contributed by atoms with E-state index in [1.807, 2.05) is 0 Å². The predicted molar refractivity (Wildman–Crippen MR) is 73.7 cm³/mol. The molecular weight excluding hydrogens is 317 g/mol. The van der Waals surface area contributed by atoms with E-state index in [0.29, 0.717) is 0 Å². The molecule has 0 aliphatic carbocycles. The summed E-state index contributed by atoms with van der Waals surface area (Å²) >= 11 is 0. The van der Waals surface area contributed by atoms with E-state index in [1.165, 1.54) is 6.07 Å². The van der Waals surface area contributed by atoms with Crippen molar-refractivity contribution in [2.75, 3.05) is 0 Å². The predicted octanol–water partition coefficient (Wildman–Crippen LogP) is 2.62. The van der Waals surface area contributed by atoms with Gasteiger partial charge >= 0.3 is 18.2 Å². The summed E-state index contributed by atoms with van der Waals surface area (Å²) in [6, 6.07) is 0.572. The Bertz CT molecular complexity index is 582. The topological polar surface area (TPSA) is 88.5 Å². The highest BCUT2D eigenvalue weighted by Gasteiger charge is 2.33. The van der Waals surface area contributed by atoms with Crippen LogP contribution in [0.3, 0.4) is 0 Å². The van der Waals surface area contributed by atoms with Gasteiger partial charge in [-0.25, -0.2) is 9.59 Å². The van der Waals surface area contributed by atoms with Crippen molar-refractivity contribution in [3.05, 3.63) is 29.6 Å². The maximum Gasteiger partial charge on any atom is 0.433 e. The minimum absolute atomic E-state index is 0.0794. The van der Waals surface area contributed by atoms with Crippen LogP contribution in [0.5, 0.6) is 0 Å². The van der Waals surface area contributed by atoms with Gasteiger partial charge in [0.1, 0.15) is 17.3 Å². The van der Waals surface area contributed by atoms with Crippen LogP contribution in [-0.4, -0.2) is 33.8 Å². The number of hydrogen-bond donors (Lipinski definition) is 2. The van der Waals surface area contributed by atoms with Crippen LogP contribution in [0.4, 0.5) is 18.0 Å².